The average Bonchev–Trinajstić information content (AvgIpc) is 3.55. The Labute approximate surface area is 171 Å². The number of aliphatic imine (C=N–C) groups is 1. The van der Waals surface area contributed by atoms with Gasteiger partial charge in [0.15, 0.2) is 11.7 Å². The number of nitrogens with one attached hydrogen (secondary N) is 2. The summed E-state index contributed by atoms with van der Waals surface area (Å²) in [6.07, 6.45) is 8.26. The molecule has 3 heterocycles. The van der Waals surface area contributed by atoms with Gasteiger partial charge in [0.2, 0.25) is 5.82 Å². The first-order valence-corrected chi connectivity index (χ1v) is 10.9. The molecule has 2 bridgehead atoms. The first kappa shape index (κ1) is 18.7. The summed E-state index contributed by atoms with van der Waals surface area (Å²) in [5, 5.41) is 10.7. The van der Waals surface area contributed by atoms with Crippen LogP contribution < -0.4 is 5.32 Å². The fraction of sp³-hybridized carbons (Fsp3) is 0.667. The molecule has 156 valence electrons. The summed E-state index contributed by atoms with van der Waals surface area (Å²) in [6, 6.07) is 4.55. The molecule has 0 aromatic carbocycles. The Morgan fingerprint density at radius 1 is 1.28 bits per heavy atom. The van der Waals surface area contributed by atoms with Gasteiger partial charge in [-0.05, 0) is 43.2 Å². The van der Waals surface area contributed by atoms with E-state index in [0.717, 1.165) is 68.8 Å². The lowest BCUT2D eigenvalue weighted by Crippen LogP contribution is -2.55. The van der Waals surface area contributed by atoms with Crippen LogP contribution in [0, 0.1) is 11.8 Å². The first-order chi connectivity index (χ1) is 14.3. The van der Waals surface area contributed by atoms with Crippen LogP contribution in [-0.4, -0.2) is 76.8 Å². The number of aromatic amines is 1. The summed E-state index contributed by atoms with van der Waals surface area (Å²) in [4.78, 5) is 14.1. The molecule has 0 radical (unpaired) electrons. The van der Waals surface area contributed by atoms with Crippen LogP contribution in [0.1, 0.15) is 31.5 Å². The van der Waals surface area contributed by atoms with Crippen molar-refractivity contribution in [1.29, 1.82) is 0 Å². The number of piperazine rings is 1. The van der Waals surface area contributed by atoms with E-state index in [0.29, 0.717) is 11.6 Å². The van der Waals surface area contributed by atoms with E-state index in [2.05, 4.69) is 35.3 Å². The zero-order valence-corrected chi connectivity index (χ0v) is 17.2. The maximum absolute atomic E-state index is 5.34. The molecule has 2 N–H and O–H groups in total. The van der Waals surface area contributed by atoms with Crippen molar-refractivity contribution >= 4 is 5.96 Å². The Hall–Kier alpha value is -2.35. The predicted molar refractivity (Wildman–Crippen MR) is 112 cm³/mol. The van der Waals surface area contributed by atoms with Crippen LogP contribution in [0.25, 0.3) is 11.6 Å². The van der Waals surface area contributed by atoms with Gasteiger partial charge in [0, 0.05) is 52.2 Å². The molecule has 2 aliphatic carbocycles. The van der Waals surface area contributed by atoms with E-state index in [1.165, 1.54) is 25.7 Å². The van der Waals surface area contributed by atoms with Crippen LogP contribution >= 0.6 is 0 Å². The fourth-order valence-electron chi connectivity index (χ4n) is 5.47. The van der Waals surface area contributed by atoms with Gasteiger partial charge in [-0.1, -0.05) is 6.42 Å². The molecule has 2 aromatic heterocycles. The van der Waals surface area contributed by atoms with Crippen molar-refractivity contribution in [3.8, 4) is 11.6 Å². The van der Waals surface area contributed by atoms with Crippen molar-refractivity contribution in [1.82, 2.24) is 30.3 Å². The summed E-state index contributed by atoms with van der Waals surface area (Å²) in [5.74, 6) is 5.11. The molecule has 3 aliphatic rings. The number of furan rings is 1. The molecular formula is C21H31N7O. The van der Waals surface area contributed by atoms with Gasteiger partial charge >= 0.3 is 0 Å². The number of hydrogen-bond donors (Lipinski definition) is 2. The molecule has 2 saturated carbocycles. The molecule has 3 fully saturated rings. The maximum atomic E-state index is 5.34. The third-order valence-corrected chi connectivity index (χ3v) is 6.91. The summed E-state index contributed by atoms with van der Waals surface area (Å²) in [7, 11) is 1.87. The molecule has 8 nitrogen and oxygen atoms in total. The molecule has 8 heteroatoms. The van der Waals surface area contributed by atoms with Gasteiger partial charge in [0.25, 0.3) is 0 Å². The molecule has 0 spiro atoms. The van der Waals surface area contributed by atoms with E-state index >= 15 is 0 Å². The van der Waals surface area contributed by atoms with Crippen LogP contribution in [0.15, 0.2) is 27.8 Å². The van der Waals surface area contributed by atoms with Crippen LogP contribution in [0.3, 0.4) is 0 Å². The lowest BCUT2D eigenvalue weighted by molar-refractivity contribution is 0.0959. The van der Waals surface area contributed by atoms with Crippen molar-refractivity contribution in [3.05, 3.63) is 24.2 Å². The van der Waals surface area contributed by atoms with E-state index < -0.39 is 0 Å². The largest absolute Gasteiger partial charge is 0.461 e. The zero-order valence-electron chi connectivity index (χ0n) is 17.2. The van der Waals surface area contributed by atoms with Crippen molar-refractivity contribution in [3.63, 3.8) is 0 Å². The molecule has 2 aromatic rings. The quantitative estimate of drug-likeness (QED) is 0.593. The van der Waals surface area contributed by atoms with E-state index in [1.807, 2.05) is 19.2 Å². The predicted octanol–water partition coefficient (Wildman–Crippen LogP) is 1.99. The van der Waals surface area contributed by atoms with Gasteiger partial charge in [-0.3, -0.25) is 15.0 Å². The van der Waals surface area contributed by atoms with Gasteiger partial charge in [-0.15, -0.1) is 0 Å². The van der Waals surface area contributed by atoms with Crippen molar-refractivity contribution in [2.75, 3.05) is 39.8 Å². The second kappa shape index (κ2) is 8.18. The zero-order chi connectivity index (χ0) is 19.6. The molecule has 3 atom stereocenters. The average molecular weight is 398 g/mol. The van der Waals surface area contributed by atoms with Crippen LogP contribution in [0.4, 0.5) is 0 Å². The van der Waals surface area contributed by atoms with Crippen molar-refractivity contribution in [2.24, 2.45) is 16.8 Å². The Balaban J connectivity index is 1.08. The number of rotatable bonds is 5. The number of aromatic nitrogens is 3. The van der Waals surface area contributed by atoms with E-state index in [9.17, 15) is 0 Å². The second-order valence-electron chi connectivity index (χ2n) is 8.57. The summed E-state index contributed by atoms with van der Waals surface area (Å²) >= 11 is 0. The minimum atomic E-state index is 0.603. The van der Waals surface area contributed by atoms with E-state index in [1.54, 1.807) is 6.26 Å². The topological polar surface area (TPSA) is 85.6 Å². The van der Waals surface area contributed by atoms with Crippen molar-refractivity contribution < 1.29 is 4.42 Å². The molecule has 5 rings (SSSR count). The SMILES string of the molecule is CN=C(NCCc1nc(-c2ccco2)n[nH]1)N1CCN(C2CC3CCC2C3)CC1. The Morgan fingerprint density at radius 3 is 2.86 bits per heavy atom. The van der Waals surface area contributed by atoms with Crippen LogP contribution in [0.5, 0.6) is 0 Å². The molecule has 0 amide bonds. The minimum Gasteiger partial charge on any atom is -0.461 e. The Morgan fingerprint density at radius 2 is 2.17 bits per heavy atom. The van der Waals surface area contributed by atoms with E-state index in [4.69, 9.17) is 4.42 Å². The maximum Gasteiger partial charge on any atom is 0.216 e. The summed E-state index contributed by atoms with van der Waals surface area (Å²) in [6.45, 7) is 5.19. The highest BCUT2D eigenvalue weighted by atomic mass is 16.3. The third-order valence-electron chi connectivity index (χ3n) is 6.91. The van der Waals surface area contributed by atoms with Crippen LogP contribution in [0.2, 0.25) is 0 Å². The number of H-pyrrole nitrogens is 1. The lowest BCUT2D eigenvalue weighted by Gasteiger charge is -2.41. The second-order valence-corrected chi connectivity index (χ2v) is 8.57. The number of guanidine groups is 1. The van der Waals surface area contributed by atoms with E-state index in [-0.39, 0.29) is 0 Å². The highest BCUT2D eigenvalue weighted by Crippen LogP contribution is 2.46. The molecule has 29 heavy (non-hydrogen) atoms. The van der Waals surface area contributed by atoms with Gasteiger partial charge in [0.05, 0.1) is 6.26 Å². The third kappa shape index (κ3) is 3.90. The normalized spacial score (nSPS) is 27.7. The van der Waals surface area contributed by atoms with Gasteiger partial charge in [-0.25, -0.2) is 4.98 Å². The summed E-state index contributed by atoms with van der Waals surface area (Å²) < 4.78 is 5.34. The van der Waals surface area contributed by atoms with Crippen molar-refractivity contribution in [2.45, 2.75) is 38.1 Å². The monoisotopic (exact) mass is 397 g/mol. The lowest BCUT2D eigenvalue weighted by atomic mass is 9.93. The fourth-order valence-corrected chi connectivity index (χ4v) is 5.47. The minimum absolute atomic E-state index is 0.603. The smallest absolute Gasteiger partial charge is 0.216 e. The Kier molecular flexibility index (Phi) is 5.26. The highest BCUT2D eigenvalue weighted by molar-refractivity contribution is 5.80. The molecular weight excluding hydrogens is 366 g/mol. The Bertz CT molecular complexity index is 822. The molecule has 3 unspecified atom stereocenters. The standard InChI is InChI=1S/C21H31N7O/c1-22-21(23-7-6-19-24-20(26-25-19)18-3-2-12-29-18)28-10-8-27(9-11-28)17-14-15-4-5-16(17)13-15/h2-3,12,15-17H,4-11,13-14H2,1H3,(H,22,23)(H,24,25,26). The number of fused-ring (bicyclic) bond motifs is 2. The molecule has 1 aliphatic heterocycles. The van der Waals surface area contributed by atoms with Crippen LogP contribution in [-0.2, 0) is 6.42 Å². The summed E-state index contributed by atoms with van der Waals surface area (Å²) in [5.41, 5.74) is 0. The first-order valence-electron chi connectivity index (χ1n) is 10.9. The van der Waals surface area contributed by atoms with Gasteiger partial charge in [0.1, 0.15) is 5.82 Å². The van der Waals surface area contributed by atoms with Gasteiger partial charge in [-0.2, -0.15) is 5.10 Å². The number of nitrogens with zero attached hydrogens (tertiary/aromatic N) is 5. The highest BCUT2D eigenvalue weighted by Gasteiger charge is 2.42. The van der Waals surface area contributed by atoms with Gasteiger partial charge < -0.3 is 14.6 Å². The molecule has 1 saturated heterocycles. The number of hydrogen-bond acceptors (Lipinski definition) is 5.